The van der Waals surface area contributed by atoms with E-state index in [0.29, 0.717) is 36.3 Å². The number of aryl methyl sites for hydroxylation is 1. The summed E-state index contributed by atoms with van der Waals surface area (Å²) >= 11 is 0. The maximum atomic E-state index is 8.95. The van der Waals surface area contributed by atoms with Crippen molar-refractivity contribution < 1.29 is 0 Å². The highest BCUT2D eigenvalue weighted by atomic mass is 15.4. The molecule has 30 heavy (non-hydrogen) atoms. The molecular formula is C21H25N9. The summed E-state index contributed by atoms with van der Waals surface area (Å²) in [6, 6.07) is 9.67. The van der Waals surface area contributed by atoms with E-state index in [1.165, 1.54) is 12.8 Å². The van der Waals surface area contributed by atoms with Crippen molar-refractivity contribution in [2.24, 2.45) is 7.05 Å². The number of fused-ring (bicyclic) bond motifs is 3. The Morgan fingerprint density at radius 3 is 2.80 bits per heavy atom. The van der Waals surface area contributed by atoms with E-state index >= 15 is 0 Å². The second-order valence-corrected chi connectivity index (χ2v) is 8.14. The van der Waals surface area contributed by atoms with Crippen LogP contribution in [0, 0.1) is 11.3 Å². The Kier molecular flexibility index (Phi) is 4.93. The Bertz CT molecular complexity index is 1070. The molecule has 2 aliphatic rings. The van der Waals surface area contributed by atoms with Gasteiger partial charge in [-0.05, 0) is 37.8 Å². The average molecular weight is 403 g/mol. The van der Waals surface area contributed by atoms with Crippen LogP contribution in [0.3, 0.4) is 0 Å². The largest absolute Gasteiger partial charge is 0.367 e. The number of rotatable bonds is 6. The van der Waals surface area contributed by atoms with Crippen molar-refractivity contribution in [3.63, 3.8) is 0 Å². The normalized spacial score (nSPS) is 23.4. The smallest absolute Gasteiger partial charge is 0.247 e. The topological polar surface area (TPSA) is 108 Å². The molecule has 154 valence electrons. The first-order valence-corrected chi connectivity index (χ1v) is 10.5. The minimum Gasteiger partial charge on any atom is -0.367 e. The molecular weight excluding hydrogens is 378 g/mol. The first-order chi connectivity index (χ1) is 14.7. The Labute approximate surface area is 175 Å². The van der Waals surface area contributed by atoms with Gasteiger partial charge < -0.3 is 10.6 Å². The van der Waals surface area contributed by atoms with Crippen LogP contribution in [0.25, 0.3) is 10.9 Å². The Hall–Kier alpha value is -3.25. The minimum absolute atomic E-state index is 0.361. The van der Waals surface area contributed by atoms with Gasteiger partial charge in [0, 0.05) is 55.8 Å². The number of nitriles is 1. The summed E-state index contributed by atoms with van der Waals surface area (Å²) in [7, 11) is 1.83. The molecule has 3 aromatic rings. The van der Waals surface area contributed by atoms with Crippen LogP contribution >= 0.6 is 0 Å². The first-order valence-electron chi connectivity index (χ1n) is 10.5. The van der Waals surface area contributed by atoms with E-state index in [4.69, 9.17) is 10.2 Å². The first kappa shape index (κ1) is 18.8. The van der Waals surface area contributed by atoms with Gasteiger partial charge in [0.2, 0.25) is 5.95 Å². The van der Waals surface area contributed by atoms with Crippen LogP contribution in [-0.2, 0) is 7.05 Å². The van der Waals surface area contributed by atoms with E-state index < -0.39 is 0 Å². The summed E-state index contributed by atoms with van der Waals surface area (Å²) in [5.74, 6) is 2.02. The van der Waals surface area contributed by atoms with Gasteiger partial charge in [-0.2, -0.15) is 5.26 Å². The molecule has 2 unspecified atom stereocenters. The summed E-state index contributed by atoms with van der Waals surface area (Å²) in [6.07, 6.45) is 8.64. The van der Waals surface area contributed by atoms with Crippen LogP contribution in [-0.4, -0.2) is 54.3 Å². The molecule has 9 heteroatoms. The van der Waals surface area contributed by atoms with E-state index in [9.17, 15) is 0 Å². The molecule has 2 N–H and O–H groups in total. The molecule has 5 heterocycles. The number of piperidine rings is 1. The van der Waals surface area contributed by atoms with Crippen molar-refractivity contribution in [1.29, 1.82) is 5.26 Å². The molecule has 0 aliphatic carbocycles. The Balaban J connectivity index is 1.38. The number of hydrogen-bond acceptors (Lipinski definition) is 8. The predicted molar refractivity (Wildman–Crippen MR) is 114 cm³/mol. The van der Waals surface area contributed by atoms with Crippen LogP contribution in [0.5, 0.6) is 0 Å². The molecule has 2 fully saturated rings. The SMILES string of the molecule is Cn1cnc(Nc2cc3ncccc3c(NC3CC4CCC(C3)N4CCC#N)n2)n1. The summed E-state index contributed by atoms with van der Waals surface area (Å²) in [6.45, 7) is 0.889. The Morgan fingerprint density at radius 2 is 2.07 bits per heavy atom. The summed E-state index contributed by atoms with van der Waals surface area (Å²) in [5.41, 5.74) is 0.878. The maximum Gasteiger partial charge on any atom is 0.247 e. The van der Waals surface area contributed by atoms with E-state index in [2.05, 4.69) is 42.7 Å². The number of aromatic nitrogens is 5. The van der Waals surface area contributed by atoms with E-state index in [0.717, 1.165) is 36.1 Å². The molecule has 0 amide bonds. The van der Waals surface area contributed by atoms with Crippen molar-refractivity contribution in [3.8, 4) is 6.07 Å². The number of nitrogens with zero attached hydrogens (tertiary/aromatic N) is 7. The molecule has 5 rings (SSSR count). The molecule has 2 atom stereocenters. The van der Waals surface area contributed by atoms with Gasteiger partial charge in [0.15, 0.2) is 0 Å². The quantitative estimate of drug-likeness (QED) is 0.647. The lowest BCUT2D eigenvalue weighted by Gasteiger charge is -2.39. The van der Waals surface area contributed by atoms with E-state index in [1.54, 1.807) is 17.2 Å². The van der Waals surface area contributed by atoms with Crippen molar-refractivity contribution >= 4 is 28.5 Å². The van der Waals surface area contributed by atoms with Crippen molar-refractivity contribution in [2.75, 3.05) is 17.2 Å². The second kappa shape index (κ2) is 7.88. The van der Waals surface area contributed by atoms with Gasteiger partial charge in [0.05, 0.1) is 11.6 Å². The predicted octanol–water partition coefficient (Wildman–Crippen LogP) is 2.82. The number of hydrogen-bond donors (Lipinski definition) is 2. The molecule has 0 saturated carbocycles. The molecule has 0 radical (unpaired) electrons. The third-order valence-electron chi connectivity index (χ3n) is 6.15. The second-order valence-electron chi connectivity index (χ2n) is 8.14. The molecule has 0 spiro atoms. The zero-order valence-electron chi connectivity index (χ0n) is 17.0. The zero-order chi connectivity index (χ0) is 20.5. The number of anilines is 3. The van der Waals surface area contributed by atoms with Crippen molar-refractivity contribution in [1.82, 2.24) is 29.6 Å². The van der Waals surface area contributed by atoms with Crippen LogP contribution in [0.1, 0.15) is 32.1 Å². The van der Waals surface area contributed by atoms with Gasteiger partial charge in [-0.3, -0.25) is 14.6 Å². The molecule has 3 aromatic heterocycles. The van der Waals surface area contributed by atoms with Gasteiger partial charge in [0.25, 0.3) is 0 Å². The Morgan fingerprint density at radius 1 is 1.23 bits per heavy atom. The summed E-state index contributed by atoms with van der Waals surface area (Å²) in [5, 5.41) is 21.1. The fourth-order valence-corrected chi connectivity index (χ4v) is 4.89. The highest BCUT2D eigenvalue weighted by Gasteiger charge is 2.40. The van der Waals surface area contributed by atoms with Crippen molar-refractivity contribution in [2.45, 2.75) is 50.2 Å². The van der Waals surface area contributed by atoms with Gasteiger partial charge in [-0.25, -0.2) is 9.97 Å². The van der Waals surface area contributed by atoms with Crippen LogP contribution in [0.15, 0.2) is 30.7 Å². The fraction of sp³-hybridized carbons (Fsp3) is 0.476. The molecule has 2 aliphatic heterocycles. The van der Waals surface area contributed by atoms with Crippen LogP contribution < -0.4 is 10.6 Å². The van der Waals surface area contributed by atoms with E-state index in [-0.39, 0.29) is 0 Å². The molecule has 0 aromatic carbocycles. The monoisotopic (exact) mass is 403 g/mol. The molecule has 2 bridgehead atoms. The van der Waals surface area contributed by atoms with Crippen molar-refractivity contribution in [3.05, 3.63) is 30.7 Å². The highest BCUT2D eigenvalue weighted by Crippen LogP contribution is 2.37. The van der Waals surface area contributed by atoms with Crippen LogP contribution in [0.4, 0.5) is 17.6 Å². The van der Waals surface area contributed by atoms with Crippen LogP contribution in [0.2, 0.25) is 0 Å². The lowest BCUT2D eigenvalue weighted by Crippen LogP contribution is -2.47. The lowest BCUT2D eigenvalue weighted by atomic mass is 9.97. The van der Waals surface area contributed by atoms with Gasteiger partial charge in [-0.15, -0.1) is 5.10 Å². The average Bonchev–Trinajstić information content (AvgIpc) is 3.25. The highest BCUT2D eigenvalue weighted by molar-refractivity contribution is 5.91. The number of pyridine rings is 2. The zero-order valence-corrected chi connectivity index (χ0v) is 17.0. The molecule has 2 saturated heterocycles. The minimum atomic E-state index is 0.361. The van der Waals surface area contributed by atoms with Gasteiger partial charge >= 0.3 is 0 Å². The lowest BCUT2D eigenvalue weighted by molar-refractivity contribution is 0.136. The standard InChI is InChI=1S/C21H25N9/c1-29-13-24-21(28-29)27-19-12-18-17(4-2-8-23-18)20(26-19)25-14-10-15-5-6-16(11-14)30(15)9-3-7-22/h2,4,8,12-16H,3,5-6,9-11H2,1H3,(H2,25,26,27,28). The maximum absolute atomic E-state index is 8.95. The summed E-state index contributed by atoms with van der Waals surface area (Å²) < 4.78 is 1.65. The van der Waals surface area contributed by atoms with Gasteiger partial charge in [0.1, 0.15) is 18.0 Å². The fourth-order valence-electron chi connectivity index (χ4n) is 4.89. The third-order valence-corrected chi connectivity index (χ3v) is 6.15. The third kappa shape index (κ3) is 3.66. The van der Waals surface area contributed by atoms with E-state index in [1.807, 2.05) is 19.2 Å². The number of nitrogens with one attached hydrogen (secondary N) is 2. The summed E-state index contributed by atoms with van der Waals surface area (Å²) in [4.78, 5) is 16.1. The van der Waals surface area contributed by atoms with Gasteiger partial charge in [-0.1, -0.05) is 0 Å². The molecule has 9 nitrogen and oxygen atoms in total.